The predicted molar refractivity (Wildman–Crippen MR) is 43.4 cm³/mol. The second-order valence-electron chi connectivity index (χ2n) is 1.78. The molecule has 0 amide bonds. The molecule has 0 aromatic carbocycles. The van der Waals surface area contributed by atoms with Crippen molar-refractivity contribution < 1.29 is 4.43 Å². The highest BCUT2D eigenvalue weighted by molar-refractivity contribution is 6.51. The molecule has 3 heteroatoms. The fourth-order valence-electron chi connectivity index (χ4n) is 0.637. The van der Waals surface area contributed by atoms with E-state index in [0.717, 1.165) is 6.61 Å². The molecule has 0 spiro atoms. The Hall–Kier alpha value is 0.467. The van der Waals surface area contributed by atoms with Gasteiger partial charge in [0.15, 0.2) is 0 Å². The second kappa shape index (κ2) is 6.58. The van der Waals surface area contributed by atoms with Crippen molar-refractivity contribution in [1.29, 1.82) is 0 Å². The highest BCUT2D eigenvalue weighted by atomic mass is 35.5. The summed E-state index contributed by atoms with van der Waals surface area (Å²) in [5.74, 6) is 0.633. The first-order chi connectivity index (χ1) is 4.35. The maximum Gasteiger partial charge on any atom is 0.210 e. The normalized spacial score (nSPS) is 10.7. The molecule has 55 valence electrons. The number of halogens is 1. The minimum absolute atomic E-state index is 0.470. The molecule has 0 rings (SSSR count). The van der Waals surface area contributed by atoms with E-state index in [-0.39, 0.29) is 0 Å². The van der Waals surface area contributed by atoms with Crippen molar-refractivity contribution in [1.82, 2.24) is 0 Å². The fraction of sp³-hybridized carbons (Fsp3) is 1.00. The highest BCUT2D eigenvalue weighted by Crippen LogP contribution is 1.99. The number of alkyl halides is 1. The Morgan fingerprint density at radius 3 is 2.22 bits per heavy atom. The summed E-state index contributed by atoms with van der Waals surface area (Å²) >= 11 is 5.45. The van der Waals surface area contributed by atoms with E-state index in [1.807, 2.05) is 0 Å². The van der Waals surface area contributed by atoms with Crippen LogP contribution in [0.1, 0.15) is 13.8 Å². The molecule has 0 N–H and O–H groups in total. The Labute approximate surface area is 64.1 Å². The third kappa shape index (κ3) is 4.94. The summed E-state index contributed by atoms with van der Waals surface area (Å²) in [7, 11) is -0.470. The molecule has 0 fully saturated rings. The van der Waals surface area contributed by atoms with Crippen molar-refractivity contribution in [2.45, 2.75) is 25.9 Å². The van der Waals surface area contributed by atoms with Crippen LogP contribution in [0.3, 0.4) is 0 Å². The molecular weight excluding hydrogens is 152 g/mol. The van der Waals surface area contributed by atoms with Gasteiger partial charge in [0.2, 0.25) is 9.04 Å². The van der Waals surface area contributed by atoms with Gasteiger partial charge in [-0.2, -0.15) is 0 Å². The molecule has 1 radical (unpaired) electrons. The van der Waals surface area contributed by atoms with Crippen molar-refractivity contribution in [2.75, 3.05) is 12.5 Å². The smallest absolute Gasteiger partial charge is 0.210 e. The van der Waals surface area contributed by atoms with Crippen LogP contribution in [0.25, 0.3) is 0 Å². The average Bonchev–Trinajstić information content (AvgIpc) is 1.91. The summed E-state index contributed by atoms with van der Waals surface area (Å²) < 4.78 is 5.46. The largest absolute Gasteiger partial charge is 0.415 e. The van der Waals surface area contributed by atoms with Crippen molar-refractivity contribution in [3.63, 3.8) is 0 Å². The lowest BCUT2D eigenvalue weighted by Crippen LogP contribution is -2.16. The third-order valence-corrected chi connectivity index (χ3v) is 3.52. The van der Waals surface area contributed by atoms with Crippen molar-refractivity contribution in [3.8, 4) is 0 Å². The van der Waals surface area contributed by atoms with Crippen LogP contribution < -0.4 is 0 Å². The maximum absolute atomic E-state index is 5.46. The van der Waals surface area contributed by atoms with Gasteiger partial charge in [-0.15, -0.1) is 11.6 Å². The Morgan fingerprint density at radius 2 is 1.89 bits per heavy atom. The lowest BCUT2D eigenvalue weighted by atomic mass is 10.9. The van der Waals surface area contributed by atoms with Crippen LogP contribution in [0.4, 0.5) is 0 Å². The van der Waals surface area contributed by atoms with E-state index in [1.165, 1.54) is 12.1 Å². The molecule has 0 bridgehead atoms. The number of hydrogen-bond acceptors (Lipinski definition) is 1. The van der Waals surface area contributed by atoms with Gasteiger partial charge in [0.25, 0.3) is 0 Å². The van der Waals surface area contributed by atoms with E-state index < -0.39 is 9.04 Å². The van der Waals surface area contributed by atoms with E-state index >= 15 is 0 Å². The fourth-order valence-corrected chi connectivity index (χ4v) is 2.14. The maximum atomic E-state index is 5.46. The van der Waals surface area contributed by atoms with Gasteiger partial charge in [-0.1, -0.05) is 13.8 Å². The monoisotopic (exact) mass is 165 g/mol. The topological polar surface area (TPSA) is 9.23 Å². The van der Waals surface area contributed by atoms with E-state index in [1.54, 1.807) is 0 Å². The van der Waals surface area contributed by atoms with Gasteiger partial charge in [0, 0.05) is 12.5 Å². The first kappa shape index (κ1) is 9.47. The molecule has 0 aromatic rings. The molecule has 0 unspecified atom stereocenters. The van der Waals surface area contributed by atoms with Crippen LogP contribution in [-0.4, -0.2) is 21.5 Å². The predicted octanol–water partition coefficient (Wildman–Crippen LogP) is 2.27. The zero-order chi connectivity index (χ0) is 7.11. The molecule has 1 nitrogen and oxygen atoms in total. The molecule has 0 aliphatic rings. The minimum Gasteiger partial charge on any atom is -0.415 e. The first-order valence-electron chi connectivity index (χ1n) is 3.38. The summed E-state index contributed by atoms with van der Waals surface area (Å²) in [6.07, 6.45) is 0. The molecule has 0 aromatic heterocycles. The van der Waals surface area contributed by atoms with Gasteiger partial charge in [0.1, 0.15) is 0 Å². The van der Waals surface area contributed by atoms with E-state index in [2.05, 4.69) is 13.8 Å². The Bertz CT molecular complexity index is 57.0. The van der Waals surface area contributed by atoms with E-state index in [4.69, 9.17) is 16.0 Å². The van der Waals surface area contributed by atoms with Crippen LogP contribution >= 0.6 is 11.6 Å². The van der Waals surface area contributed by atoms with Gasteiger partial charge in [-0.25, -0.2) is 0 Å². The van der Waals surface area contributed by atoms with Crippen LogP contribution in [-0.2, 0) is 4.43 Å². The van der Waals surface area contributed by atoms with E-state index in [0.29, 0.717) is 5.88 Å². The number of hydrogen-bond donors (Lipinski definition) is 0. The first-order valence-corrected chi connectivity index (χ1v) is 5.74. The Kier molecular flexibility index (Phi) is 6.93. The summed E-state index contributed by atoms with van der Waals surface area (Å²) in [4.78, 5) is 0. The highest BCUT2D eigenvalue weighted by Gasteiger charge is 2.05. The minimum atomic E-state index is -0.470. The van der Waals surface area contributed by atoms with Gasteiger partial charge in [0.05, 0.1) is 0 Å². The number of rotatable bonds is 5. The second-order valence-corrected chi connectivity index (χ2v) is 4.94. The SMILES string of the molecule is CC[Si](CC)OCCCl. The summed E-state index contributed by atoms with van der Waals surface area (Å²) in [6, 6.07) is 2.39. The van der Waals surface area contributed by atoms with Crippen LogP contribution in [0.5, 0.6) is 0 Å². The zero-order valence-corrected chi connectivity index (χ0v) is 7.87. The van der Waals surface area contributed by atoms with Gasteiger partial charge in [-0.3, -0.25) is 0 Å². The molecule has 0 aliphatic carbocycles. The summed E-state index contributed by atoms with van der Waals surface area (Å²) in [6.45, 7) is 5.08. The quantitative estimate of drug-likeness (QED) is 0.449. The molecule has 0 aliphatic heterocycles. The lowest BCUT2D eigenvalue weighted by molar-refractivity contribution is 0.345. The van der Waals surface area contributed by atoms with Crippen LogP contribution in [0.2, 0.25) is 12.1 Å². The molecule has 0 saturated carbocycles. The molecule has 0 atom stereocenters. The third-order valence-electron chi connectivity index (χ3n) is 1.17. The average molecular weight is 166 g/mol. The standard InChI is InChI=1S/C6H14ClOSi/c1-3-9(4-2)8-6-5-7/h3-6H2,1-2H3. The van der Waals surface area contributed by atoms with E-state index in [9.17, 15) is 0 Å². The lowest BCUT2D eigenvalue weighted by Gasteiger charge is -2.08. The van der Waals surface area contributed by atoms with Crippen LogP contribution in [0, 0.1) is 0 Å². The molecule has 0 heterocycles. The van der Waals surface area contributed by atoms with Gasteiger partial charge < -0.3 is 4.43 Å². The van der Waals surface area contributed by atoms with Crippen molar-refractivity contribution >= 4 is 20.6 Å². The van der Waals surface area contributed by atoms with Crippen molar-refractivity contribution in [2.24, 2.45) is 0 Å². The molecular formula is C6H14ClOSi. The van der Waals surface area contributed by atoms with Gasteiger partial charge >= 0.3 is 0 Å². The Balaban J connectivity index is 3.09. The summed E-state index contributed by atoms with van der Waals surface area (Å²) in [5, 5.41) is 0. The van der Waals surface area contributed by atoms with Crippen molar-refractivity contribution in [3.05, 3.63) is 0 Å². The Morgan fingerprint density at radius 1 is 1.33 bits per heavy atom. The summed E-state index contributed by atoms with van der Waals surface area (Å²) in [5.41, 5.74) is 0. The molecule has 0 saturated heterocycles. The van der Waals surface area contributed by atoms with Crippen LogP contribution in [0.15, 0.2) is 0 Å². The molecule has 9 heavy (non-hydrogen) atoms. The zero-order valence-electron chi connectivity index (χ0n) is 6.11. The van der Waals surface area contributed by atoms with Gasteiger partial charge in [-0.05, 0) is 12.1 Å².